The molecule has 0 saturated heterocycles. The van der Waals surface area contributed by atoms with E-state index in [-0.39, 0.29) is 24.3 Å². The van der Waals surface area contributed by atoms with Gasteiger partial charge in [0.05, 0.1) is 12.2 Å². The third kappa shape index (κ3) is 4.13. The molecule has 0 radical (unpaired) electrons. The minimum Gasteiger partial charge on any atom is -0.484 e. The van der Waals surface area contributed by atoms with E-state index in [2.05, 4.69) is 10.3 Å². The van der Waals surface area contributed by atoms with Gasteiger partial charge in [0.2, 0.25) is 5.91 Å². The van der Waals surface area contributed by atoms with Crippen molar-refractivity contribution in [3.63, 3.8) is 0 Å². The molecule has 1 aliphatic carbocycles. The summed E-state index contributed by atoms with van der Waals surface area (Å²) < 4.78 is 5.63. The number of aromatic nitrogens is 1. The van der Waals surface area contributed by atoms with Gasteiger partial charge in [-0.25, -0.2) is 4.98 Å². The lowest BCUT2D eigenvalue weighted by atomic mass is 9.85. The molecule has 2 heterocycles. The second-order valence-electron chi connectivity index (χ2n) is 7.18. The summed E-state index contributed by atoms with van der Waals surface area (Å²) in [5.74, 6) is 0.894. The average molecular weight is 385 g/mol. The Morgan fingerprint density at radius 1 is 1.37 bits per heavy atom. The Balaban J connectivity index is 1.33. The molecule has 142 valence electrons. The van der Waals surface area contributed by atoms with E-state index in [1.807, 2.05) is 31.2 Å². The predicted molar refractivity (Wildman–Crippen MR) is 104 cm³/mol. The summed E-state index contributed by atoms with van der Waals surface area (Å²) in [6.45, 7) is 3.18. The van der Waals surface area contributed by atoms with Gasteiger partial charge in [-0.2, -0.15) is 0 Å². The molecule has 7 heteroatoms. The van der Waals surface area contributed by atoms with Gasteiger partial charge in [-0.3, -0.25) is 9.59 Å². The normalized spacial score (nSPS) is 16.4. The van der Waals surface area contributed by atoms with E-state index in [1.54, 1.807) is 4.90 Å². The largest absolute Gasteiger partial charge is 0.484 e. The number of anilines is 1. The SMILES string of the molecule is Cc1cccc(OCC(=O)N2CCc3nc(NC(=O)C4CCC4)sc3C2)c1. The van der Waals surface area contributed by atoms with E-state index in [0.717, 1.165) is 35.4 Å². The first-order chi connectivity index (χ1) is 13.1. The van der Waals surface area contributed by atoms with E-state index >= 15 is 0 Å². The summed E-state index contributed by atoms with van der Waals surface area (Å²) in [5.41, 5.74) is 2.09. The Hall–Kier alpha value is -2.41. The Morgan fingerprint density at radius 3 is 2.96 bits per heavy atom. The minimum absolute atomic E-state index is 0.0306. The van der Waals surface area contributed by atoms with Crippen molar-refractivity contribution in [1.82, 2.24) is 9.88 Å². The van der Waals surface area contributed by atoms with Crippen LogP contribution in [0.3, 0.4) is 0 Å². The second-order valence-corrected chi connectivity index (χ2v) is 8.26. The van der Waals surface area contributed by atoms with Crippen molar-refractivity contribution < 1.29 is 14.3 Å². The first-order valence-corrected chi connectivity index (χ1v) is 10.2. The Labute approximate surface area is 162 Å². The smallest absolute Gasteiger partial charge is 0.260 e. The third-order valence-electron chi connectivity index (χ3n) is 5.14. The van der Waals surface area contributed by atoms with Crippen LogP contribution in [0.2, 0.25) is 0 Å². The number of fused-ring (bicyclic) bond motifs is 1. The van der Waals surface area contributed by atoms with Crippen LogP contribution in [0.15, 0.2) is 24.3 Å². The van der Waals surface area contributed by atoms with Crippen LogP contribution in [0, 0.1) is 12.8 Å². The molecule has 2 aliphatic rings. The molecular weight excluding hydrogens is 362 g/mol. The summed E-state index contributed by atoms with van der Waals surface area (Å²) in [6, 6.07) is 7.68. The van der Waals surface area contributed by atoms with E-state index in [4.69, 9.17) is 4.74 Å². The highest BCUT2D eigenvalue weighted by atomic mass is 32.1. The van der Waals surface area contributed by atoms with Crippen molar-refractivity contribution in [1.29, 1.82) is 0 Å². The van der Waals surface area contributed by atoms with Crippen molar-refractivity contribution in [3.05, 3.63) is 40.4 Å². The van der Waals surface area contributed by atoms with Crippen molar-refractivity contribution in [3.8, 4) is 5.75 Å². The van der Waals surface area contributed by atoms with Gasteiger partial charge in [0.1, 0.15) is 5.75 Å². The van der Waals surface area contributed by atoms with Crippen LogP contribution in [-0.4, -0.2) is 34.8 Å². The van der Waals surface area contributed by atoms with Gasteiger partial charge < -0.3 is 15.0 Å². The monoisotopic (exact) mass is 385 g/mol. The lowest BCUT2D eigenvalue weighted by molar-refractivity contribution is -0.134. The molecule has 1 aromatic carbocycles. The van der Waals surface area contributed by atoms with E-state index in [0.29, 0.717) is 30.4 Å². The summed E-state index contributed by atoms with van der Waals surface area (Å²) in [5, 5.41) is 3.59. The lowest BCUT2D eigenvalue weighted by Crippen LogP contribution is -2.38. The first kappa shape index (κ1) is 18.0. The molecule has 0 bridgehead atoms. The Kier molecular flexibility index (Phi) is 5.11. The minimum atomic E-state index is -0.0318. The zero-order valence-electron chi connectivity index (χ0n) is 15.4. The highest BCUT2D eigenvalue weighted by Gasteiger charge is 2.28. The number of rotatable bonds is 5. The van der Waals surface area contributed by atoms with Gasteiger partial charge in [-0.05, 0) is 37.5 Å². The number of amides is 2. The topological polar surface area (TPSA) is 71.5 Å². The number of nitrogens with one attached hydrogen (secondary N) is 1. The van der Waals surface area contributed by atoms with Gasteiger partial charge in [0.15, 0.2) is 11.7 Å². The number of thiazole rings is 1. The van der Waals surface area contributed by atoms with Crippen molar-refractivity contribution in [2.24, 2.45) is 5.92 Å². The van der Waals surface area contributed by atoms with Gasteiger partial charge in [-0.1, -0.05) is 29.9 Å². The highest BCUT2D eigenvalue weighted by molar-refractivity contribution is 7.15. The number of ether oxygens (including phenoxy) is 1. The molecule has 27 heavy (non-hydrogen) atoms. The molecule has 6 nitrogen and oxygen atoms in total. The standard InChI is InChI=1S/C20H23N3O3S/c1-13-4-2-7-15(10-13)26-12-18(24)23-9-8-16-17(11-23)27-20(21-16)22-19(25)14-5-3-6-14/h2,4,7,10,14H,3,5-6,8-9,11-12H2,1H3,(H,21,22,25). The maximum absolute atomic E-state index is 12.5. The van der Waals surface area contributed by atoms with Crippen LogP contribution < -0.4 is 10.1 Å². The van der Waals surface area contributed by atoms with Gasteiger partial charge in [0, 0.05) is 23.8 Å². The van der Waals surface area contributed by atoms with Gasteiger partial charge in [0.25, 0.3) is 5.91 Å². The average Bonchev–Trinajstić information content (AvgIpc) is 2.99. The Bertz CT molecular complexity index is 860. The van der Waals surface area contributed by atoms with Crippen LogP contribution >= 0.6 is 11.3 Å². The first-order valence-electron chi connectivity index (χ1n) is 9.35. The molecule has 1 aromatic heterocycles. The number of hydrogen-bond acceptors (Lipinski definition) is 5. The number of benzene rings is 1. The molecule has 0 spiro atoms. The number of nitrogens with zero attached hydrogens (tertiary/aromatic N) is 2. The fourth-order valence-electron chi connectivity index (χ4n) is 3.28. The van der Waals surface area contributed by atoms with Crippen LogP contribution in [0.4, 0.5) is 5.13 Å². The Morgan fingerprint density at radius 2 is 2.22 bits per heavy atom. The molecule has 2 aromatic rings. The fourth-order valence-corrected chi connectivity index (χ4v) is 4.31. The molecule has 4 rings (SSSR count). The highest BCUT2D eigenvalue weighted by Crippen LogP contribution is 2.31. The maximum Gasteiger partial charge on any atom is 0.260 e. The van der Waals surface area contributed by atoms with Crippen molar-refractivity contribution >= 4 is 28.3 Å². The number of hydrogen-bond donors (Lipinski definition) is 1. The van der Waals surface area contributed by atoms with Gasteiger partial charge >= 0.3 is 0 Å². The maximum atomic E-state index is 12.5. The van der Waals surface area contributed by atoms with Crippen LogP contribution in [0.1, 0.15) is 35.4 Å². The third-order valence-corrected chi connectivity index (χ3v) is 6.14. The zero-order valence-corrected chi connectivity index (χ0v) is 16.2. The molecule has 1 N–H and O–H groups in total. The summed E-state index contributed by atoms with van der Waals surface area (Å²) in [4.78, 5) is 32.0. The molecule has 0 unspecified atom stereocenters. The number of carbonyl (C=O) groups excluding carboxylic acids is 2. The van der Waals surface area contributed by atoms with Crippen molar-refractivity contribution in [2.75, 3.05) is 18.5 Å². The van der Waals surface area contributed by atoms with Crippen LogP contribution in [-0.2, 0) is 22.6 Å². The summed E-state index contributed by atoms with van der Waals surface area (Å²) >= 11 is 1.48. The van der Waals surface area contributed by atoms with Crippen LogP contribution in [0.25, 0.3) is 0 Å². The zero-order chi connectivity index (χ0) is 18.8. The quantitative estimate of drug-likeness (QED) is 0.858. The van der Waals surface area contributed by atoms with E-state index in [1.165, 1.54) is 11.3 Å². The molecule has 2 amide bonds. The molecular formula is C20H23N3O3S. The molecule has 1 fully saturated rings. The van der Waals surface area contributed by atoms with E-state index in [9.17, 15) is 9.59 Å². The second kappa shape index (κ2) is 7.68. The van der Waals surface area contributed by atoms with Crippen LogP contribution in [0.5, 0.6) is 5.75 Å². The molecule has 1 aliphatic heterocycles. The predicted octanol–water partition coefficient (Wildman–Crippen LogP) is 3.15. The number of carbonyl (C=O) groups is 2. The van der Waals surface area contributed by atoms with Gasteiger partial charge in [-0.15, -0.1) is 0 Å². The molecule has 1 saturated carbocycles. The summed E-state index contributed by atoms with van der Waals surface area (Å²) in [7, 11) is 0. The fraction of sp³-hybridized carbons (Fsp3) is 0.450. The molecule has 0 atom stereocenters. The van der Waals surface area contributed by atoms with Crippen molar-refractivity contribution in [2.45, 2.75) is 39.2 Å². The summed E-state index contributed by atoms with van der Waals surface area (Å²) in [6.07, 6.45) is 3.79. The number of aryl methyl sites for hydroxylation is 1. The lowest BCUT2D eigenvalue weighted by Gasteiger charge is -2.26. The van der Waals surface area contributed by atoms with E-state index < -0.39 is 0 Å².